The second-order valence-corrected chi connectivity index (χ2v) is 4.62. The highest BCUT2D eigenvalue weighted by Gasteiger charge is 2.27. The van der Waals surface area contributed by atoms with E-state index in [1.54, 1.807) is 23.2 Å². The van der Waals surface area contributed by atoms with Crippen molar-refractivity contribution in [2.24, 2.45) is 5.73 Å². The summed E-state index contributed by atoms with van der Waals surface area (Å²) in [5, 5.41) is 10.9. The highest BCUT2D eigenvalue weighted by molar-refractivity contribution is 6.13. The lowest BCUT2D eigenvalue weighted by molar-refractivity contribution is 0.0958. The van der Waals surface area contributed by atoms with Crippen LogP contribution in [-0.2, 0) is 0 Å². The van der Waals surface area contributed by atoms with E-state index in [0.29, 0.717) is 17.0 Å². The largest absolute Gasteiger partial charge is 0.404 e. The van der Waals surface area contributed by atoms with Crippen molar-refractivity contribution in [2.45, 2.75) is 13.0 Å². The molecule has 19 heavy (non-hydrogen) atoms. The zero-order chi connectivity index (χ0) is 13.6. The quantitative estimate of drug-likeness (QED) is 0.712. The number of nitrogens with one attached hydrogen (secondary N) is 2. The van der Waals surface area contributed by atoms with Gasteiger partial charge in [0, 0.05) is 29.2 Å². The van der Waals surface area contributed by atoms with Gasteiger partial charge in [0.2, 0.25) is 0 Å². The van der Waals surface area contributed by atoms with Gasteiger partial charge < -0.3 is 16.0 Å². The first-order chi connectivity index (χ1) is 9.11. The second-order valence-electron chi connectivity index (χ2n) is 4.62. The second kappa shape index (κ2) is 3.98. The molecule has 5 nitrogen and oxygen atoms in total. The lowest BCUT2D eigenvalue weighted by atomic mass is 10.0. The maximum atomic E-state index is 11.7. The molecule has 2 aliphatic heterocycles. The van der Waals surface area contributed by atoms with E-state index >= 15 is 0 Å². The lowest BCUT2D eigenvalue weighted by Crippen LogP contribution is -2.21. The maximum absolute atomic E-state index is 11.7. The summed E-state index contributed by atoms with van der Waals surface area (Å²) in [6.07, 6.45) is 5.01. The smallest absolute Gasteiger partial charge is 0.252 e. The first kappa shape index (κ1) is 11.5. The van der Waals surface area contributed by atoms with E-state index in [0.717, 1.165) is 11.3 Å². The zero-order valence-corrected chi connectivity index (χ0v) is 10.5. The number of amides is 1. The van der Waals surface area contributed by atoms with Crippen LogP contribution in [0.2, 0.25) is 0 Å². The van der Waals surface area contributed by atoms with Crippen LogP contribution in [0.1, 0.15) is 28.9 Å². The summed E-state index contributed by atoms with van der Waals surface area (Å²) in [7, 11) is 0. The SMILES string of the molecule is CC1NC(=O)c2ccc(N3C=C/C(=C/N)C3=N)cc21. The van der Waals surface area contributed by atoms with Crippen LogP contribution >= 0.6 is 0 Å². The van der Waals surface area contributed by atoms with Gasteiger partial charge in [0.1, 0.15) is 5.84 Å². The zero-order valence-electron chi connectivity index (χ0n) is 10.5. The Labute approximate surface area is 110 Å². The molecule has 0 saturated carbocycles. The molecule has 1 amide bonds. The summed E-state index contributed by atoms with van der Waals surface area (Å²) in [5.74, 6) is 0.302. The van der Waals surface area contributed by atoms with E-state index in [-0.39, 0.29) is 11.9 Å². The molecule has 1 unspecified atom stereocenters. The monoisotopic (exact) mass is 254 g/mol. The van der Waals surface area contributed by atoms with Crippen molar-refractivity contribution in [3.63, 3.8) is 0 Å². The fourth-order valence-corrected chi connectivity index (χ4v) is 2.41. The molecule has 0 aromatic heterocycles. The summed E-state index contributed by atoms with van der Waals surface area (Å²) in [4.78, 5) is 13.4. The number of hydrogen-bond donors (Lipinski definition) is 3. The van der Waals surface area contributed by atoms with Gasteiger partial charge in [-0.15, -0.1) is 0 Å². The van der Waals surface area contributed by atoms with Crippen LogP contribution in [0.3, 0.4) is 0 Å². The number of anilines is 1. The third-order valence-electron chi connectivity index (χ3n) is 3.47. The maximum Gasteiger partial charge on any atom is 0.252 e. The molecule has 0 saturated heterocycles. The third-order valence-corrected chi connectivity index (χ3v) is 3.47. The molecule has 0 bridgehead atoms. The van der Waals surface area contributed by atoms with Gasteiger partial charge in [0.15, 0.2) is 0 Å². The normalized spacial score (nSPS) is 23.1. The molecule has 2 aliphatic rings. The fourth-order valence-electron chi connectivity index (χ4n) is 2.41. The van der Waals surface area contributed by atoms with Crippen LogP contribution in [0.4, 0.5) is 5.69 Å². The Morgan fingerprint density at radius 1 is 1.47 bits per heavy atom. The Hall–Kier alpha value is -2.56. The minimum absolute atomic E-state index is 0.00716. The van der Waals surface area contributed by atoms with Crippen LogP contribution < -0.4 is 16.0 Å². The van der Waals surface area contributed by atoms with E-state index in [4.69, 9.17) is 11.1 Å². The van der Waals surface area contributed by atoms with Crippen molar-refractivity contribution in [3.05, 3.63) is 53.4 Å². The van der Waals surface area contributed by atoms with E-state index in [9.17, 15) is 4.79 Å². The number of hydrogen-bond acceptors (Lipinski definition) is 3. The highest BCUT2D eigenvalue weighted by atomic mass is 16.2. The molecule has 4 N–H and O–H groups in total. The van der Waals surface area contributed by atoms with Gasteiger partial charge in [-0.05, 0) is 36.8 Å². The molecule has 0 fully saturated rings. The van der Waals surface area contributed by atoms with Gasteiger partial charge in [-0.3, -0.25) is 10.2 Å². The first-order valence-corrected chi connectivity index (χ1v) is 6.05. The van der Waals surface area contributed by atoms with Crippen molar-refractivity contribution in [1.82, 2.24) is 5.32 Å². The summed E-state index contributed by atoms with van der Waals surface area (Å²) < 4.78 is 0. The predicted molar refractivity (Wildman–Crippen MR) is 73.9 cm³/mol. The first-order valence-electron chi connectivity index (χ1n) is 6.05. The predicted octanol–water partition coefficient (Wildman–Crippen LogP) is 1.64. The Bertz CT molecular complexity index is 645. The Kier molecular flexibility index (Phi) is 2.41. The standard InChI is InChI=1S/C14H14N4O/c1-8-12-6-10(2-3-11(12)14(19)17-8)18-5-4-9(7-15)13(18)16/h2-8,16H,15H2,1H3,(H,17,19)/b9-7-,16-13?. The van der Waals surface area contributed by atoms with Crippen molar-refractivity contribution < 1.29 is 4.79 Å². The molecule has 96 valence electrons. The minimum atomic E-state index is -0.0383. The number of nitrogens with two attached hydrogens (primary N) is 1. The number of benzene rings is 1. The van der Waals surface area contributed by atoms with E-state index < -0.39 is 0 Å². The van der Waals surface area contributed by atoms with Gasteiger partial charge in [-0.25, -0.2) is 0 Å². The molecule has 0 spiro atoms. The van der Waals surface area contributed by atoms with Gasteiger partial charge in [-0.2, -0.15) is 0 Å². The van der Waals surface area contributed by atoms with Crippen LogP contribution in [-0.4, -0.2) is 11.7 Å². The highest BCUT2D eigenvalue weighted by Crippen LogP contribution is 2.31. The number of nitrogens with zero attached hydrogens (tertiary/aromatic N) is 1. The summed E-state index contributed by atoms with van der Waals surface area (Å²) in [6.45, 7) is 1.95. The molecule has 1 atom stereocenters. The van der Waals surface area contributed by atoms with E-state index in [1.165, 1.54) is 6.20 Å². The van der Waals surface area contributed by atoms with E-state index in [1.807, 2.05) is 19.1 Å². The van der Waals surface area contributed by atoms with Gasteiger partial charge >= 0.3 is 0 Å². The molecule has 1 aromatic carbocycles. The van der Waals surface area contributed by atoms with Crippen LogP contribution in [0.15, 0.2) is 42.2 Å². The molecule has 3 rings (SSSR count). The Morgan fingerprint density at radius 3 is 2.95 bits per heavy atom. The van der Waals surface area contributed by atoms with Crippen molar-refractivity contribution in [3.8, 4) is 0 Å². The number of rotatable bonds is 1. The van der Waals surface area contributed by atoms with Crippen molar-refractivity contribution in [1.29, 1.82) is 5.41 Å². The molecular formula is C14H14N4O. The third kappa shape index (κ3) is 1.62. The van der Waals surface area contributed by atoms with E-state index in [2.05, 4.69) is 5.32 Å². The molecule has 5 heteroatoms. The summed E-state index contributed by atoms with van der Waals surface area (Å²) >= 11 is 0. The Balaban J connectivity index is 2.01. The van der Waals surface area contributed by atoms with Crippen molar-refractivity contribution in [2.75, 3.05) is 4.90 Å². The van der Waals surface area contributed by atoms with Gasteiger partial charge in [-0.1, -0.05) is 0 Å². The molecular weight excluding hydrogens is 240 g/mol. The van der Waals surface area contributed by atoms with Gasteiger partial charge in [0.25, 0.3) is 5.91 Å². The summed E-state index contributed by atoms with van der Waals surface area (Å²) in [5.41, 5.74) is 8.68. The average molecular weight is 254 g/mol. The number of fused-ring (bicyclic) bond motifs is 1. The fraction of sp³-hybridized carbons (Fsp3) is 0.143. The summed E-state index contributed by atoms with van der Waals surface area (Å²) in [6, 6.07) is 5.59. The number of carbonyl (C=O) groups is 1. The number of amidine groups is 1. The average Bonchev–Trinajstić information content (AvgIpc) is 2.91. The molecule has 1 aromatic rings. The van der Waals surface area contributed by atoms with Gasteiger partial charge in [0.05, 0.1) is 6.04 Å². The molecule has 2 heterocycles. The molecule has 0 radical (unpaired) electrons. The van der Waals surface area contributed by atoms with Crippen LogP contribution in [0.5, 0.6) is 0 Å². The number of carbonyl (C=O) groups excluding carboxylic acids is 1. The minimum Gasteiger partial charge on any atom is -0.404 e. The molecule has 0 aliphatic carbocycles. The van der Waals surface area contributed by atoms with Crippen LogP contribution in [0, 0.1) is 5.41 Å². The topological polar surface area (TPSA) is 82.2 Å². The van der Waals surface area contributed by atoms with Crippen LogP contribution in [0.25, 0.3) is 0 Å². The Morgan fingerprint density at radius 2 is 2.26 bits per heavy atom. The van der Waals surface area contributed by atoms with Crippen molar-refractivity contribution >= 4 is 17.4 Å². The lowest BCUT2D eigenvalue weighted by Gasteiger charge is -2.17.